The number of anilines is 1. The van der Waals surface area contributed by atoms with E-state index in [0.717, 1.165) is 6.07 Å². The second-order valence-electron chi connectivity index (χ2n) is 5.14. The lowest BCUT2D eigenvalue weighted by molar-refractivity contribution is 0.0772. The Bertz CT molecular complexity index is 760. The number of benzene rings is 2. The third-order valence-electron chi connectivity index (χ3n) is 3.59. The molecule has 0 saturated carbocycles. The average molecular weight is 393 g/mol. The molecule has 0 atom stereocenters. The number of carbonyl (C=O) groups excluding carboxylic acids is 2. The molecule has 2 aromatic rings. The highest BCUT2D eigenvalue weighted by molar-refractivity contribution is 9.10. The van der Waals surface area contributed by atoms with Crippen LogP contribution in [0.3, 0.4) is 0 Å². The largest absolute Gasteiger partial charge is 0.339 e. The van der Waals surface area contributed by atoms with Gasteiger partial charge < -0.3 is 10.2 Å². The maximum Gasteiger partial charge on any atom is 0.256 e. The van der Waals surface area contributed by atoms with Gasteiger partial charge in [0, 0.05) is 28.8 Å². The smallest absolute Gasteiger partial charge is 0.256 e. The van der Waals surface area contributed by atoms with Gasteiger partial charge in [0.05, 0.1) is 5.56 Å². The SMILES string of the molecule is CCN(CC)C(=O)c1cccc(NC(=O)c2cc(F)ccc2Br)c1. The second-order valence-corrected chi connectivity index (χ2v) is 5.99. The number of amides is 2. The van der Waals surface area contributed by atoms with Crippen LogP contribution >= 0.6 is 15.9 Å². The van der Waals surface area contributed by atoms with Crippen LogP contribution in [0.1, 0.15) is 34.6 Å². The Kier molecular flexibility index (Phi) is 6.09. The standard InChI is InChI=1S/C18H18BrFN2O2/c1-3-22(4-2)18(24)12-6-5-7-14(10-12)21-17(23)15-11-13(20)8-9-16(15)19/h5-11H,3-4H2,1-2H3,(H,21,23). The molecular formula is C18H18BrFN2O2. The summed E-state index contributed by atoms with van der Waals surface area (Å²) >= 11 is 3.23. The highest BCUT2D eigenvalue weighted by Crippen LogP contribution is 2.20. The van der Waals surface area contributed by atoms with E-state index in [4.69, 9.17) is 0 Å². The lowest BCUT2D eigenvalue weighted by Gasteiger charge is -2.19. The molecule has 2 rings (SSSR count). The summed E-state index contributed by atoms with van der Waals surface area (Å²) in [7, 11) is 0. The maximum absolute atomic E-state index is 13.3. The summed E-state index contributed by atoms with van der Waals surface area (Å²) < 4.78 is 13.8. The number of hydrogen-bond donors (Lipinski definition) is 1. The molecule has 0 saturated heterocycles. The summed E-state index contributed by atoms with van der Waals surface area (Å²) in [5.74, 6) is -1.04. The zero-order valence-electron chi connectivity index (χ0n) is 13.5. The summed E-state index contributed by atoms with van der Waals surface area (Å²) in [5.41, 5.74) is 1.17. The Morgan fingerprint density at radius 2 is 1.83 bits per heavy atom. The van der Waals surface area contributed by atoms with Crippen molar-refractivity contribution >= 4 is 33.4 Å². The van der Waals surface area contributed by atoms with E-state index in [2.05, 4.69) is 21.2 Å². The zero-order valence-corrected chi connectivity index (χ0v) is 15.1. The fourth-order valence-corrected chi connectivity index (χ4v) is 2.72. The van der Waals surface area contributed by atoms with Gasteiger partial charge in [0.1, 0.15) is 5.82 Å². The maximum atomic E-state index is 13.3. The van der Waals surface area contributed by atoms with E-state index in [1.54, 1.807) is 29.2 Å². The molecule has 0 bridgehead atoms. The summed E-state index contributed by atoms with van der Waals surface area (Å²) in [4.78, 5) is 26.4. The van der Waals surface area contributed by atoms with Crippen LogP contribution in [-0.2, 0) is 0 Å². The van der Waals surface area contributed by atoms with Crippen LogP contribution in [-0.4, -0.2) is 29.8 Å². The van der Waals surface area contributed by atoms with Gasteiger partial charge in [0.2, 0.25) is 0 Å². The van der Waals surface area contributed by atoms with E-state index >= 15 is 0 Å². The average Bonchev–Trinajstić information content (AvgIpc) is 2.58. The molecule has 2 aromatic carbocycles. The molecule has 0 fully saturated rings. The van der Waals surface area contributed by atoms with E-state index in [1.165, 1.54) is 12.1 Å². The highest BCUT2D eigenvalue weighted by Gasteiger charge is 2.15. The van der Waals surface area contributed by atoms with Crippen molar-refractivity contribution in [2.45, 2.75) is 13.8 Å². The van der Waals surface area contributed by atoms with E-state index in [9.17, 15) is 14.0 Å². The highest BCUT2D eigenvalue weighted by atomic mass is 79.9. The molecular weight excluding hydrogens is 375 g/mol. The van der Waals surface area contributed by atoms with Crippen molar-refractivity contribution in [3.05, 3.63) is 63.9 Å². The van der Waals surface area contributed by atoms with E-state index < -0.39 is 11.7 Å². The summed E-state index contributed by atoms with van der Waals surface area (Å²) in [5, 5.41) is 2.69. The molecule has 0 aliphatic rings. The van der Waals surface area contributed by atoms with E-state index in [-0.39, 0.29) is 11.5 Å². The molecule has 0 aliphatic carbocycles. The van der Waals surface area contributed by atoms with Crippen LogP contribution in [0.15, 0.2) is 46.9 Å². The normalized spacial score (nSPS) is 10.3. The minimum Gasteiger partial charge on any atom is -0.339 e. The third-order valence-corrected chi connectivity index (χ3v) is 4.28. The number of carbonyl (C=O) groups is 2. The Morgan fingerprint density at radius 1 is 1.12 bits per heavy atom. The Balaban J connectivity index is 2.22. The van der Waals surface area contributed by atoms with Crippen LogP contribution in [0.5, 0.6) is 0 Å². The van der Waals surface area contributed by atoms with Gasteiger partial charge in [-0.05, 0) is 66.2 Å². The lowest BCUT2D eigenvalue weighted by atomic mass is 10.1. The molecule has 0 unspecified atom stereocenters. The minimum atomic E-state index is -0.492. The van der Waals surface area contributed by atoms with Crippen molar-refractivity contribution < 1.29 is 14.0 Å². The quantitative estimate of drug-likeness (QED) is 0.823. The van der Waals surface area contributed by atoms with Crippen LogP contribution < -0.4 is 5.32 Å². The molecule has 6 heteroatoms. The number of nitrogens with one attached hydrogen (secondary N) is 1. The first-order valence-corrected chi connectivity index (χ1v) is 8.41. The summed E-state index contributed by atoms with van der Waals surface area (Å²) in [6.07, 6.45) is 0. The summed E-state index contributed by atoms with van der Waals surface area (Å²) in [6.45, 7) is 5.05. The van der Waals surface area contributed by atoms with Crippen molar-refractivity contribution in [3.8, 4) is 0 Å². The molecule has 0 aromatic heterocycles. The molecule has 4 nitrogen and oxygen atoms in total. The number of nitrogens with zero attached hydrogens (tertiary/aromatic N) is 1. The number of halogens is 2. The summed E-state index contributed by atoms with van der Waals surface area (Å²) in [6, 6.07) is 10.6. The van der Waals surface area contributed by atoms with Crippen molar-refractivity contribution in [2.75, 3.05) is 18.4 Å². The van der Waals surface area contributed by atoms with Gasteiger partial charge in [-0.1, -0.05) is 6.07 Å². The molecule has 0 spiro atoms. The Labute approximate surface area is 148 Å². The fraction of sp³-hybridized carbons (Fsp3) is 0.222. The zero-order chi connectivity index (χ0) is 17.7. The first kappa shape index (κ1) is 18.1. The third kappa shape index (κ3) is 4.20. The van der Waals surface area contributed by atoms with Gasteiger partial charge in [-0.3, -0.25) is 9.59 Å². The molecule has 24 heavy (non-hydrogen) atoms. The van der Waals surface area contributed by atoms with Crippen molar-refractivity contribution in [1.29, 1.82) is 0 Å². The first-order chi connectivity index (χ1) is 11.5. The number of rotatable bonds is 5. The molecule has 0 radical (unpaired) electrons. The molecule has 0 aliphatic heterocycles. The lowest BCUT2D eigenvalue weighted by Crippen LogP contribution is -2.30. The van der Waals surface area contributed by atoms with Crippen LogP contribution in [0.2, 0.25) is 0 Å². The van der Waals surface area contributed by atoms with Crippen molar-refractivity contribution in [2.24, 2.45) is 0 Å². The predicted octanol–water partition coefficient (Wildman–Crippen LogP) is 4.32. The van der Waals surface area contributed by atoms with Gasteiger partial charge >= 0.3 is 0 Å². The first-order valence-electron chi connectivity index (χ1n) is 7.62. The molecule has 1 N–H and O–H groups in total. The van der Waals surface area contributed by atoms with Crippen LogP contribution in [0, 0.1) is 5.82 Å². The minimum absolute atomic E-state index is 0.0944. The van der Waals surface area contributed by atoms with Crippen molar-refractivity contribution in [1.82, 2.24) is 4.90 Å². The number of hydrogen-bond acceptors (Lipinski definition) is 2. The van der Waals surface area contributed by atoms with Crippen LogP contribution in [0.25, 0.3) is 0 Å². The fourth-order valence-electron chi connectivity index (χ4n) is 2.29. The van der Waals surface area contributed by atoms with Gasteiger partial charge in [0.25, 0.3) is 11.8 Å². The monoisotopic (exact) mass is 392 g/mol. The van der Waals surface area contributed by atoms with Gasteiger partial charge in [-0.25, -0.2) is 4.39 Å². The Hall–Kier alpha value is -2.21. The second kappa shape index (κ2) is 8.06. The van der Waals surface area contributed by atoms with Gasteiger partial charge in [-0.15, -0.1) is 0 Å². The molecule has 126 valence electrons. The predicted molar refractivity (Wildman–Crippen MR) is 95.7 cm³/mol. The van der Waals surface area contributed by atoms with Gasteiger partial charge in [-0.2, -0.15) is 0 Å². The van der Waals surface area contributed by atoms with Crippen molar-refractivity contribution in [3.63, 3.8) is 0 Å². The van der Waals surface area contributed by atoms with Crippen LogP contribution in [0.4, 0.5) is 10.1 Å². The Morgan fingerprint density at radius 3 is 2.50 bits per heavy atom. The molecule has 2 amide bonds. The van der Waals surface area contributed by atoms with E-state index in [0.29, 0.717) is 28.8 Å². The van der Waals surface area contributed by atoms with Gasteiger partial charge in [0.15, 0.2) is 0 Å². The van der Waals surface area contributed by atoms with E-state index in [1.807, 2.05) is 13.8 Å². The molecule has 0 heterocycles. The topological polar surface area (TPSA) is 49.4 Å².